The van der Waals surface area contributed by atoms with Gasteiger partial charge in [0.2, 0.25) is 0 Å². The predicted octanol–water partition coefficient (Wildman–Crippen LogP) is 3.96. The summed E-state index contributed by atoms with van der Waals surface area (Å²) in [6, 6.07) is 10.5. The van der Waals surface area contributed by atoms with Crippen LogP contribution in [0.25, 0.3) is 0 Å². The van der Waals surface area contributed by atoms with Crippen LogP contribution in [0.5, 0.6) is 5.75 Å². The highest BCUT2D eigenvalue weighted by molar-refractivity contribution is 5.28. The first kappa shape index (κ1) is 13.6. The average molecular weight is 231 g/mol. The van der Waals surface area contributed by atoms with E-state index < -0.39 is 0 Å². The van der Waals surface area contributed by atoms with Crippen LogP contribution in [0.1, 0.15) is 39.2 Å². The molecule has 17 heavy (non-hydrogen) atoms. The molecule has 0 aliphatic rings. The second-order valence-corrected chi connectivity index (χ2v) is 4.35. The summed E-state index contributed by atoms with van der Waals surface area (Å²) in [4.78, 5) is 0. The average Bonchev–Trinajstić information content (AvgIpc) is 2.39. The van der Waals surface area contributed by atoms with Crippen LogP contribution < -0.4 is 4.74 Å². The zero-order chi connectivity index (χ0) is 12.7. The standard InChI is InChI=1S/C15H21NO/c1-4-15(5-2,12-16)11-13-7-9-14(10-8-13)17-6-3/h7-10H,4-6,11H2,1-3H3. The molecule has 1 aromatic carbocycles. The Hall–Kier alpha value is -1.49. The third kappa shape index (κ3) is 3.49. The third-order valence-electron chi connectivity index (χ3n) is 3.37. The second kappa shape index (κ2) is 6.30. The van der Waals surface area contributed by atoms with Gasteiger partial charge in [-0.15, -0.1) is 0 Å². The Labute approximate surface area is 104 Å². The van der Waals surface area contributed by atoms with Crippen LogP contribution in [-0.4, -0.2) is 6.61 Å². The highest BCUT2D eigenvalue weighted by atomic mass is 16.5. The first-order valence-electron chi connectivity index (χ1n) is 6.32. The van der Waals surface area contributed by atoms with Crippen molar-refractivity contribution >= 4 is 0 Å². The highest BCUT2D eigenvalue weighted by Gasteiger charge is 2.25. The summed E-state index contributed by atoms with van der Waals surface area (Å²) < 4.78 is 5.40. The Morgan fingerprint density at radius 2 is 1.71 bits per heavy atom. The topological polar surface area (TPSA) is 33.0 Å². The van der Waals surface area contributed by atoms with E-state index in [0.29, 0.717) is 6.61 Å². The Balaban J connectivity index is 2.78. The van der Waals surface area contributed by atoms with E-state index >= 15 is 0 Å². The van der Waals surface area contributed by atoms with E-state index in [4.69, 9.17) is 4.74 Å². The summed E-state index contributed by atoms with van der Waals surface area (Å²) in [5.74, 6) is 0.895. The maximum Gasteiger partial charge on any atom is 0.119 e. The van der Waals surface area contributed by atoms with Gasteiger partial charge in [0.15, 0.2) is 0 Å². The number of nitrogens with zero attached hydrogens (tertiary/aromatic N) is 1. The van der Waals surface area contributed by atoms with Crippen molar-refractivity contribution in [3.63, 3.8) is 0 Å². The van der Waals surface area contributed by atoms with Crippen molar-refractivity contribution in [1.82, 2.24) is 0 Å². The lowest BCUT2D eigenvalue weighted by Crippen LogP contribution is -2.19. The summed E-state index contributed by atoms with van der Waals surface area (Å²) in [6.45, 7) is 6.83. The molecular formula is C15H21NO. The van der Waals surface area contributed by atoms with Gasteiger partial charge in [-0.25, -0.2) is 0 Å². The normalized spacial score (nSPS) is 10.9. The summed E-state index contributed by atoms with van der Waals surface area (Å²) in [7, 11) is 0. The molecule has 0 unspecified atom stereocenters. The van der Waals surface area contributed by atoms with Crippen molar-refractivity contribution < 1.29 is 4.74 Å². The Kier molecular flexibility index (Phi) is 5.03. The molecule has 0 fully saturated rings. The van der Waals surface area contributed by atoms with E-state index in [1.807, 2.05) is 19.1 Å². The van der Waals surface area contributed by atoms with Gasteiger partial charge in [0.25, 0.3) is 0 Å². The van der Waals surface area contributed by atoms with Crippen LogP contribution in [0.4, 0.5) is 0 Å². The molecule has 1 aromatic rings. The van der Waals surface area contributed by atoms with Crippen LogP contribution in [-0.2, 0) is 6.42 Å². The number of hydrogen-bond donors (Lipinski definition) is 0. The van der Waals surface area contributed by atoms with E-state index in [1.54, 1.807) is 0 Å². The van der Waals surface area contributed by atoms with E-state index in [2.05, 4.69) is 32.0 Å². The van der Waals surface area contributed by atoms with Gasteiger partial charge in [-0.2, -0.15) is 5.26 Å². The maximum atomic E-state index is 9.30. The molecule has 0 spiro atoms. The van der Waals surface area contributed by atoms with E-state index in [9.17, 15) is 5.26 Å². The van der Waals surface area contributed by atoms with Crippen molar-refractivity contribution in [2.24, 2.45) is 5.41 Å². The smallest absolute Gasteiger partial charge is 0.119 e. The third-order valence-corrected chi connectivity index (χ3v) is 3.37. The molecule has 0 radical (unpaired) electrons. The van der Waals surface area contributed by atoms with Crippen molar-refractivity contribution in [2.45, 2.75) is 40.0 Å². The minimum atomic E-state index is -0.215. The molecule has 0 N–H and O–H groups in total. The molecule has 0 amide bonds. The number of nitriles is 1. The molecule has 0 saturated carbocycles. The van der Waals surface area contributed by atoms with Crippen LogP contribution in [0.3, 0.4) is 0 Å². The summed E-state index contributed by atoms with van der Waals surface area (Å²) in [6.07, 6.45) is 2.61. The molecule has 1 rings (SSSR count). The van der Waals surface area contributed by atoms with Crippen molar-refractivity contribution in [3.05, 3.63) is 29.8 Å². The Bertz CT molecular complexity index is 371. The Morgan fingerprint density at radius 3 is 2.12 bits per heavy atom. The van der Waals surface area contributed by atoms with Crippen molar-refractivity contribution in [1.29, 1.82) is 5.26 Å². The summed E-state index contributed by atoms with van der Waals surface area (Å²) in [5, 5.41) is 9.30. The zero-order valence-corrected chi connectivity index (χ0v) is 11.0. The van der Waals surface area contributed by atoms with E-state index in [1.165, 1.54) is 5.56 Å². The summed E-state index contributed by atoms with van der Waals surface area (Å²) >= 11 is 0. The molecular weight excluding hydrogens is 210 g/mol. The molecule has 2 heteroatoms. The molecule has 2 nitrogen and oxygen atoms in total. The molecule has 92 valence electrons. The van der Waals surface area contributed by atoms with Gasteiger partial charge in [-0.3, -0.25) is 0 Å². The van der Waals surface area contributed by atoms with Gasteiger partial charge in [0.1, 0.15) is 5.75 Å². The molecule has 0 saturated heterocycles. The fourth-order valence-electron chi connectivity index (χ4n) is 1.96. The minimum absolute atomic E-state index is 0.215. The molecule has 0 atom stereocenters. The number of rotatable bonds is 6. The number of ether oxygens (including phenoxy) is 1. The Morgan fingerprint density at radius 1 is 1.12 bits per heavy atom. The molecule has 0 aliphatic heterocycles. The van der Waals surface area contributed by atoms with Gasteiger partial charge in [-0.05, 0) is 43.9 Å². The number of hydrogen-bond acceptors (Lipinski definition) is 2. The molecule has 0 heterocycles. The minimum Gasteiger partial charge on any atom is -0.494 e. The lowest BCUT2D eigenvalue weighted by Gasteiger charge is -2.23. The monoisotopic (exact) mass is 231 g/mol. The lowest BCUT2D eigenvalue weighted by molar-refractivity contribution is 0.339. The van der Waals surface area contributed by atoms with E-state index in [-0.39, 0.29) is 5.41 Å². The van der Waals surface area contributed by atoms with Crippen molar-refractivity contribution in [3.8, 4) is 11.8 Å². The van der Waals surface area contributed by atoms with Gasteiger partial charge >= 0.3 is 0 Å². The van der Waals surface area contributed by atoms with Gasteiger partial charge in [0.05, 0.1) is 18.1 Å². The van der Waals surface area contributed by atoms with Crippen LogP contribution in [0.2, 0.25) is 0 Å². The van der Waals surface area contributed by atoms with Gasteiger partial charge < -0.3 is 4.74 Å². The summed E-state index contributed by atoms with van der Waals surface area (Å²) in [5.41, 5.74) is 0.992. The molecule has 0 aromatic heterocycles. The van der Waals surface area contributed by atoms with Gasteiger partial charge in [-0.1, -0.05) is 26.0 Å². The van der Waals surface area contributed by atoms with E-state index in [0.717, 1.165) is 25.0 Å². The van der Waals surface area contributed by atoms with Crippen LogP contribution in [0.15, 0.2) is 24.3 Å². The maximum absolute atomic E-state index is 9.30. The predicted molar refractivity (Wildman–Crippen MR) is 69.9 cm³/mol. The fraction of sp³-hybridized carbons (Fsp3) is 0.533. The quantitative estimate of drug-likeness (QED) is 0.742. The first-order valence-corrected chi connectivity index (χ1v) is 6.32. The van der Waals surface area contributed by atoms with Crippen LogP contribution in [0, 0.1) is 16.7 Å². The van der Waals surface area contributed by atoms with Gasteiger partial charge in [0, 0.05) is 0 Å². The van der Waals surface area contributed by atoms with Crippen molar-refractivity contribution in [2.75, 3.05) is 6.61 Å². The molecule has 0 aliphatic carbocycles. The molecule has 0 bridgehead atoms. The lowest BCUT2D eigenvalue weighted by atomic mass is 9.78. The number of benzene rings is 1. The SMILES string of the molecule is CCOc1ccc(CC(C#N)(CC)CC)cc1. The van der Waals surface area contributed by atoms with Crippen LogP contribution >= 0.6 is 0 Å². The zero-order valence-electron chi connectivity index (χ0n) is 11.0. The fourth-order valence-corrected chi connectivity index (χ4v) is 1.96. The second-order valence-electron chi connectivity index (χ2n) is 4.35. The highest BCUT2D eigenvalue weighted by Crippen LogP contribution is 2.30. The first-order chi connectivity index (χ1) is 8.19. The largest absolute Gasteiger partial charge is 0.494 e.